The molecular weight excluding hydrogens is 304 g/mol. The zero-order chi connectivity index (χ0) is 16.8. The summed E-state index contributed by atoms with van der Waals surface area (Å²) in [5, 5.41) is 21.1. The van der Waals surface area contributed by atoms with Crippen molar-refractivity contribution in [1.29, 1.82) is 0 Å². The van der Waals surface area contributed by atoms with Crippen molar-refractivity contribution in [2.75, 3.05) is 33.0 Å². The van der Waals surface area contributed by atoms with Crippen LogP contribution < -0.4 is 0 Å². The van der Waals surface area contributed by atoms with Gasteiger partial charge in [0.2, 0.25) is 0 Å². The predicted octanol–water partition coefficient (Wildman–Crippen LogP) is 2.62. The number of aliphatic hydroxyl groups excluding tert-OH is 2. The van der Waals surface area contributed by atoms with Crippen LogP contribution in [-0.2, 0) is 9.47 Å². The van der Waals surface area contributed by atoms with Gasteiger partial charge >= 0.3 is 0 Å². The second-order valence-electron chi connectivity index (χ2n) is 9.12. The fourth-order valence-electron chi connectivity index (χ4n) is 7.03. The van der Waals surface area contributed by atoms with Gasteiger partial charge in [0.1, 0.15) is 0 Å². The Kier molecular flexibility index (Phi) is 4.70. The van der Waals surface area contributed by atoms with Crippen molar-refractivity contribution in [2.45, 2.75) is 58.0 Å². The van der Waals surface area contributed by atoms with E-state index >= 15 is 0 Å². The smallest absolute Gasteiger partial charge is 0.0700 e. The van der Waals surface area contributed by atoms with E-state index < -0.39 is 0 Å². The summed E-state index contributed by atoms with van der Waals surface area (Å²) in [5.41, 5.74) is 0.0677. The number of rotatable bonds is 1. The molecule has 1 heterocycles. The molecule has 3 saturated carbocycles. The van der Waals surface area contributed by atoms with E-state index in [0.717, 1.165) is 51.7 Å². The molecular formula is C20H34O4. The lowest BCUT2D eigenvalue weighted by Crippen LogP contribution is -2.56. The van der Waals surface area contributed by atoms with Gasteiger partial charge in [0.05, 0.1) is 25.9 Å². The first-order valence-corrected chi connectivity index (χ1v) is 10.1. The molecule has 0 amide bonds. The molecule has 4 fully saturated rings. The molecule has 24 heavy (non-hydrogen) atoms. The lowest BCUT2D eigenvalue weighted by Gasteiger charge is -2.59. The van der Waals surface area contributed by atoms with Gasteiger partial charge in [0.25, 0.3) is 0 Å². The Morgan fingerprint density at radius 3 is 2.58 bits per heavy atom. The summed E-state index contributed by atoms with van der Waals surface area (Å²) in [6.07, 6.45) is 7.62. The number of fused-ring (bicyclic) bond motifs is 5. The first kappa shape index (κ1) is 17.3. The van der Waals surface area contributed by atoms with E-state index in [1.807, 2.05) is 0 Å². The van der Waals surface area contributed by atoms with Crippen LogP contribution in [0, 0.1) is 34.5 Å². The molecule has 4 heteroatoms. The van der Waals surface area contributed by atoms with Crippen molar-refractivity contribution < 1.29 is 19.7 Å². The predicted molar refractivity (Wildman–Crippen MR) is 91.5 cm³/mol. The quantitative estimate of drug-likeness (QED) is 0.772. The molecule has 2 N–H and O–H groups in total. The van der Waals surface area contributed by atoms with Gasteiger partial charge in [-0.25, -0.2) is 0 Å². The van der Waals surface area contributed by atoms with E-state index in [0.29, 0.717) is 36.9 Å². The highest BCUT2D eigenvalue weighted by atomic mass is 16.5. The number of aliphatic hydroxyl groups is 2. The third kappa shape index (κ3) is 2.48. The fourth-order valence-corrected chi connectivity index (χ4v) is 7.03. The van der Waals surface area contributed by atoms with Gasteiger partial charge in [0, 0.05) is 18.6 Å². The van der Waals surface area contributed by atoms with E-state index in [4.69, 9.17) is 9.47 Å². The van der Waals surface area contributed by atoms with Crippen LogP contribution in [0.25, 0.3) is 0 Å². The second kappa shape index (κ2) is 6.53. The monoisotopic (exact) mass is 338 g/mol. The summed E-state index contributed by atoms with van der Waals surface area (Å²) in [6.45, 7) is 5.45. The molecule has 1 saturated heterocycles. The van der Waals surface area contributed by atoms with Crippen LogP contribution in [0.4, 0.5) is 0 Å². The van der Waals surface area contributed by atoms with E-state index in [9.17, 15) is 10.2 Å². The highest BCUT2D eigenvalue weighted by Crippen LogP contribution is 2.64. The molecule has 0 aromatic carbocycles. The van der Waals surface area contributed by atoms with Crippen molar-refractivity contribution in [3.05, 3.63) is 0 Å². The Bertz CT molecular complexity index is 455. The molecule has 4 rings (SSSR count). The summed E-state index contributed by atoms with van der Waals surface area (Å²) in [5.74, 6) is 2.31. The molecule has 0 spiro atoms. The van der Waals surface area contributed by atoms with Gasteiger partial charge in [-0.2, -0.15) is 0 Å². The molecule has 4 aliphatic rings. The number of ether oxygens (including phenoxy) is 2. The van der Waals surface area contributed by atoms with E-state index in [1.54, 1.807) is 0 Å². The average molecular weight is 338 g/mol. The first-order valence-electron chi connectivity index (χ1n) is 10.1. The Morgan fingerprint density at radius 2 is 1.75 bits per heavy atom. The van der Waals surface area contributed by atoms with E-state index in [1.165, 1.54) is 6.42 Å². The summed E-state index contributed by atoms with van der Waals surface area (Å²) in [6, 6.07) is 0. The second-order valence-corrected chi connectivity index (χ2v) is 9.12. The third-order valence-electron chi connectivity index (χ3n) is 8.48. The Hall–Kier alpha value is -0.160. The van der Waals surface area contributed by atoms with Gasteiger partial charge in [0.15, 0.2) is 0 Å². The van der Waals surface area contributed by atoms with Gasteiger partial charge in [-0.3, -0.25) is 0 Å². The van der Waals surface area contributed by atoms with E-state index in [2.05, 4.69) is 6.92 Å². The van der Waals surface area contributed by atoms with Crippen molar-refractivity contribution in [2.24, 2.45) is 34.5 Å². The van der Waals surface area contributed by atoms with Crippen molar-refractivity contribution >= 4 is 0 Å². The lowest BCUT2D eigenvalue weighted by atomic mass is 9.46. The Labute approximate surface area is 145 Å². The molecule has 7 unspecified atom stereocenters. The topological polar surface area (TPSA) is 58.9 Å². The molecule has 4 nitrogen and oxygen atoms in total. The molecule has 3 aliphatic carbocycles. The summed E-state index contributed by atoms with van der Waals surface area (Å²) in [7, 11) is 0. The van der Waals surface area contributed by atoms with Crippen LogP contribution in [0.3, 0.4) is 0 Å². The van der Waals surface area contributed by atoms with Crippen LogP contribution in [0.1, 0.15) is 51.9 Å². The lowest BCUT2D eigenvalue weighted by molar-refractivity contribution is -0.147. The van der Waals surface area contributed by atoms with Gasteiger partial charge < -0.3 is 19.7 Å². The van der Waals surface area contributed by atoms with Crippen molar-refractivity contribution in [1.82, 2.24) is 0 Å². The average Bonchev–Trinajstić information content (AvgIpc) is 2.95. The third-order valence-corrected chi connectivity index (χ3v) is 8.48. The van der Waals surface area contributed by atoms with Crippen LogP contribution in [0.2, 0.25) is 0 Å². The highest BCUT2D eigenvalue weighted by molar-refractivity contribution is 5.09. The molecule has 0 bridgehead atoms. The highest BCUT2D eigenvalue weighted by Gasteiger charge is 2.60. The minimum Gasteiger partial charge on any atom is -0.396 e. The fraction of sp³-hybridized carbons (Fsp3) is 1.00. The zero-order valence-electron chi connectivity index (χ0n) is 15.1. The van der Waals surface area contributed by atoms with Crippen LogP contribution >= 0.6 is 0 Å². The Morgan fingerprint density at radius 1 is 0.917 bits per heavy atom. The minimum absolute atomic E-state index is 0.0396. The molecule has 0 radical (unpaired) electrons. The summed E-state index contributed by atoms with van der Waals surface area (Å²) >= 11 is 0. The van der Waals surface area contributed by atoms with Crippen molar-refractivity contribution in [3.8, 4) is 0 Å². The number of hydrogen-bond donors (Lipinski definition) is 2. The standard InChI is InChI=1S/C20H34O4/c1-19-7-6-17-15(16(19)4-5-18(19)22)3-2-14-12-24-11-10-23-9-8-20(14,17)13-21/h14-18,21-22H,2-13H2,1H3. The van der Waals surface area contributed by atoms with E-state index in [-0.39, 0.29) is 23.5 Å². The summed E-state index contributed by atoms with van der Waals surface area (Å²) < 4.78 is 11.6. The Balaban J connectivity index is 1.64. The largest absolute Gasteiger partial charge is 0.396 e. The molecule has 138 valence electrons. The first-order chi connectivity index (χ1) is 11.6. The summed E-state index contributed by atoms with van der Waals surface area (Å²) in [4.78, 5) is 0. The number of hydrogen-bond acceptors (Lipinski definition) is 4. The van der Waals surface area contributed by atoms with Gasteiger partial charge in [-0.1, -0.05) is 6.92 Å². The maximum absolute atomic E-state index is 10.6. The van der Waals surface area contributed by atoms with Gasteiger partial charge in [-0.15, -0.1) is 0 Å². The molecule has 0 aromatic heterocycles. The normalized spacial score (nSPS) is 52.4. The van der Waals surface area contributed by atoms with Crippen LogP contribution in [0.15, 0.2) is 0 Å². The van der Waals surface area contributed by atoms with Crippen LogP contribution in [0.5, 0.6) is 0 Å². The van der Waals surface area contributed by atoms with Gasteiger partial charge in [-0.05, 0) is 74.0 Å². The maximum atomic E-state index is 10.6. The molecule has 7 atom stereocenters. The minimum atomic E-state index is -0.126. The molecule has 0 aromatic rings. The van der Waals surface area contributed by atoms with Crippen molar-refractivity contribution in [3.63, 3.8) is 0 Å². The maximum Gasteiger partial charge on any atom is 0.0700 e. The molecule has 1 aliphatic heterocycles. The SMILES string of the molecule is CC12CCC3C(CCC4COCCOCCC43CO)C1CCC2O. The zero-order valence-corrected chi connectivity index (χ0v) is 15.1. The van der Waals surface area contributed by atoms with Crippen LogP contribution in [-0.4, -0.2) is 49.4 Å².